The van der Waals surface area contributed by atoms with E-state index in [9.17, 15) is 4.39 Å². The summed E-state index contributed by atoms with van der Waals surface area (Å²) in [6.45, 7) is 2.64. The first-order valence-corrected chi connectivity index (χ1v) is 6.66. The van der Waals surface area contributed by atoms with Gasteiger partial charge in [0.05, 0.1) is 11.0 Å². The first-order chi connectivity index (χ1) is 9.67. The lowest BCUT2D eigenvalue weighted by molar-refractivity contribution is 0.624. The summed E-state index contributed by atoms with van der Waals surface area (Å²) in [7, 11) is 0. The number of aromatic nitrogens is 2. The Kier molecular flexibility index (Phi) is 3.14. The Balaban J connectivity index is 2.09. The van der Waals surface area contributed by atoms with Crippen LogP contribution in [0.3, 0.4) is 0 Å². The lowest BCUT2D eigenvalue weighted by Crippen LogP contribution is -2.05. The van der Waals surface area contributed by atoms with Gasteiger partial charge in [0, 0.05) is 18.7 Å². The molecule has 1 aromatic heterocycles. The second-order valence-corrected chi connectivity index (χ2v) is 4.85. The number of nitrogens with zero attached hydrogens (tertiary/aromatic N) is 2. The summed E-state index contributed by atoms with van der Waals surface area (Å²) >= 11 is 0. The van der Waals surface area contributed by atoms with Crippen molar-refractivity contribution in [3.8, 4) is 0 Å². The van der Waals surface area contributed by atoms with E-state index in [1.165, 1.54) is 12.1 Å². The van der Waals surface area contributed by atoms with Crippen LogP contribution in [0.4, 0.5) is 10.1 Å². The van der Waals surface area contributed by atoms with Gasteiger partial charge in [-0.25, -0.2) is 9.37 Å². The van der Waals surface area contributed by atoms with Gasteiger partial charge in [-0.05, 0) is 35.9 Å². The van der Waals surface area contributed by atoms with E-state index in [1.807, 2.05) is 24.3 Å². The molecule has 0 saturated carbocycles. The normalized spacial score (nSPS) is 11.1. The van der Waals surface area contributed by atoms with Crippen LogP contribution >= 0.6 is 0 Å². The molecule has 1 heterocycles. The molecule has 0 radical (unpaired) electrons. The van der Waals surface area contributed by atoms with Crippen LogP contribution in [0.25, 0.3) is 11.0 Å². The van der Waals surface area contributed by atoms with E-state index >= 15 is 0 Å². The van der Waals surface area contributed by atoms with Crippen molar-refractivity contribution in [2.24, 2.45) is 0 Å². The van der Waals surface area contributed by atoms with Gasteiger partial charge in [0.15, 0.2) is 0 Å². The summed E-state index contributed by atoms with van der Waals surface area (Å²) in [6.07, 6.45) is 0.833. The predicted octanol–water partition coefficient (Wildman–Crippen LogP) is 3.37. The third kappa shape index (κ3) is 2.25. The zero-order valence-electron chi connectivity index (χ0n) is 11.3. The molecule has 0 amide bonds. The average Bonchev–Trinajstić information content (AvgIpc) is 2.76. The van der Waals surface area contributed by atoms with Gasteiger partial charge in [-0.1, -0.05) is 19.1 Å². The Bertz CT molecular complexity index is 741. The quantitative estimate of drug-likeness (QED) is 0.741. The second kappa shape index (κ2) is 4.96. The molecule has 0 unspecified atom stereocenters. The molecule has 0 fully saturated rings. The summed E-state index contributed by atoms with van der Waals surface area (Å²) in [4.78, 5) is 4.61. The molecular formula is C16H16FN3. The Morgan fingerprint density at radius 2 is 2.00 bits per heavy atom. The summed E-state index contributed by atoms with van der Waals surface area (Å²) in [5.41, 5.74) is 9.03. The standard InChI is InChI=1S/C16H16FN3/c1-2-16-19-14-5-3-4-6-15(14)20(16)10-11-7-12(17)9-13(18)8-11/h3-9H,2,10,18H2,1H3. The maximum Gasteiger partial charge on any atom is 0.125 e. The summed E-state index contributed by atoms with van der Waals surface area (Å²) in [6, 6.07) is 12.6. The van der Waals surface area contributed by atoms with Crippen LogP contribution in [-0.4, -0.2) is 9.55 Å². The van der Waals surface area contributed by atoms with Crippen LogP contribution in [0.1, 0.15) is 18.3 Å². The Hall–Kier alpha value is -2.36. The number of aryl methyl sites for hydroxylation is 1. The van der Waals surface area contributed by atoms with Crippen LogP contribution in [-0.2, 0) is 13.0 Å². The molecule has 3 aromatic rings. The van der Waals surface area contributed by atoms with Crippen molar-refractivity contribution in [3.63, 3.8) is 0 Å². The van der Waals surface area contributed by atoms with Crippen LogP contribution in [0, 0.1) is 5.82 Å². The molecule has 0 bridgehead atoms. The molecule has 0 aliphatic heterocycles. The van der Waals surface area contributed by atoms with Gasteiger partial charge < -0.3 is 10.3 Å². The van der Waals surface area contributed by atoms with Crippen molar-refractivity contribution >= 4 is 16.7 Å². The summed E-state index contributed by atoms with van der Waals surface area (Å²) < 4.78 is 15.6. The van der Waals surface area contributed by atoms with E-state index in [0.29, 0.717) is 12.2 Å². The predicted molar refractivity (Wildman–Crippen MR) is 79.0 cm³/mol. The Morgan fingerprint density at radius 1 is 1.20 bits per heavy atom. The van der Waals surface area contributed by atoms with Gasteiger partial charge in [-0.15, -0.1) is 0 Å². The number of nitrogen functional groups attached to an aromatic ring is 1. The highest BCUT2D eigenvalue weighted by Gasteiger charge is 2.10. The maximum absolute atomic E-state index is 13.4. The van der Waals surface area contributed by atoms with Gasteiger partial charge in [0.2, 0.25) is 0 Å². The van der Waals surface area contributed by atoms with Crippen molar-refractivity contribution in [1.82, 2.24) is 9.55 Å². The fourth-order valence-electron chi connectivity index (χ4n) is 2.52. The van der Waals surface area contributed by atoms with Crippen LogP contribution in [0.15, 0.2) is 42.5 Å². The number of para-hydroxylation sites is 2. The SMILES string of the molecule is CCc1nc2ccccc2n1Cc1cc(N)cc(F)c1. The topological polar surface area (TPSA) is 43.8 Å². The highest BCUT2D eigenvalue weighted by Crippen LogP contribution is 2.19. The fraction of sp³-hybridized carbons (Fsp3) is 0.188. The van der Waals surface area contributed by atoms with E-state index in [-0.39, 0.29) is 5.82 Å². The molecule has 0 atom stereocenters. The first-order valence-electron chi connectivity index (χ1n) is 6.66. The van der Waals surface area contributed by atoms with Crippen molar-refractivity contribution in [1.29, 1.82) is 0 Å². The van der Waals surface area contributed by atoms with Gasteiger partial charge in [0.1, 0.15) is 11.6 Å². The number of hydrogen-bond donors (Lipinski definition) is 1. The summed E-state index contributed by atoms with van der Waals surface area (Å²) in [5.74, 6) is 0.691. The number of nitrogens with two attached hydrogens (primary N) is 1. The first kappa shape index (κ1) is 12.7. The van der Waals surface area contributed by atoms with Crippen molar-refractivity contribution < 1.29 is 4.39 Å². The number of hydrogen-bond acceptors (Lipinski definition) is 2. The maximum atomic E-state index is 13.4. The third-order valence-corrected chi connectivity index (χ3v) is 3.37. The lowest BCUT2D eigenvalue weighted by atomic mass is 10.2. The molecule has 4 heteroatoms. The van der Waals surface area contributed by atoms with E-state index in [4.69, 9.17) is 5.73 Å². The van der Waals surface area contributed by atoms with Gasteiger partial charge >= 0.3 is 0 Å². The smallest absolute Gasteiger partial charge is 0.125 e. The molecule has 102 valence electrons. The Morgan fingerprint density at radius 3 is 2.75 bits per heavy atom. The summed E-state index contributed by atoms with van der Waals surface area (Å²) in [5, 5.41) is 0. The van der Waals surface area contributed by atoms with Gasteiger partial charge in [-0.2, -0.15) is 0 Å². The van der Waals surface area contributed by atoms with Crippen LogP contribution in [0.2, 0.25) is 0 Å². The number of rotatable bonds is 3. The van der Waals surface area contributed by atoms with Crippen molar-refractivity contribution in [3.05, 3.63) is 59.7 Å². The minimum atomic E-state index is -0.303. The molecule has 0 aliphatic rings. The molecule has 20 heavy (non-hydrogen) atoms. The third-order valence-electron chi connectivity index (χ3n) is 3.37. The molecule has 3 nitrogen and oxygen atoms in total. The molecule has 0 aliphatic carbocycles. The van der Waals surface area contributed by atoms with E-state index < -0.39 is 0 Å². The second-order valence-electron chi connectivity index (χ2n) is 4.85. The van der Waals surface area contributed by atoms with E-state index in [0.717, 1.165) is 28.8 Å². The van der Waals surface area contributed by atoms with Crippen molar-refractivity contribution in [2.75, 3.05) is 5.73 Å². The highest BCUT2D eigenvalue weighted by molar-refractivity contribution is 5.76. The largest absolute Gasteiger partial charge is 0.399 e. The number of halogens is 1. The van der Waals surface area contributed by atoms with Crippen LogP contribution in [0.5, 0.6) is 0 Å². The number of fused-ring (bicyclic) bond motifs is 1. The minimum Gasteiger partial charge on any atom is -0.399 e. The molecule has 2 aromatic carbocycles. The Labute approximate surface area is 116 Å². The number of anilines is 1. The fourth-order valence-corrected chi connectivity index (χ4v) is 2.52. The lowest BCUT2D eigenvalue weighted by Gasteiger charge is -2.09. The van der Waals surface area contributed by atoms with Crippen molar-refractivity contribution in [2.45, 2.75) is 19.9 Å². The molecule has 0 spiro atoms. The van der Waals surface area contributed by atoms with E-state index in [2.05, 4.69) is 16.5 Å². The van der Waals surface area contributed by atoms with Gasteiger partial charge in [0.25, 0.3) is 0 Å². The zero-order valence-corrected chi connectivity index (χ0v) is 11.3. The molecular weight excluding hydrogens is 253 g/mol. The van der Waals surface area contributed by atoms with Gasteiger partial charge in [-0.3, -0.25) is 0 Å². The number of benzene rings is 2. The van der Waals surface area contributed by atoms with E-state index in [1.54, 1.807) is 6.07 Å². The highest BCUT2D eigenvalue weighted by atomic mass is 19.1. The van der Waals surface area contributed by atoms with Crippen LogP contribution < -0.4 is 5.73 Å². The number of imidazole rings is 1. The minimum absolute atomic E-state index is 0.303. The monoisotopic (exact) mass is 269 g/mol. The average molecular weight is 269 g/mol. The zero-order chi connectivity index (χ0) is 14.1. The molecule has 2 N–H and O–H groups in total. The molecule has 3 rings (SSSR count). The molecule has 0 saturated heterocycles.